The Labute approximate surface area is 79.2 Å². The van der Waals surface area contributed by atoms with E-state index in [-0.39, 0.29) is 5.97 Å². The van der Waals surface area contributed by atoms with Crippen LogP contribution in [0.3, 0.4) is 0 Å². The fourth-order valence-electron chi connectivity index (χ4n) is 0.790. The number of hydrogen-bond donors (Lipinski definition) is 0. The highest BCUT2D eigenvalue weighted by Crippen LogP contribution is 2.01. The number of carbonyl (C=O) groups excluding carboxylic acids is 1. The van der Waals surface area contributed by atoms with Crippen LogP contribution in [-0.2, 0) is 14.3 Å². The molecule has 0 heterocycles. The molecule has 0 radical (unpaired) electrons. The largest absolute Gasteiger partial charge is 0.394 e. The van der Waals surface area contributed by atoms with Crippen molar-refractivity contribution in [1.29, 1.82) is 0 Å². The second-order valence-corrected chi connectivity index (χ2v) is 2.55. The molecule has 0 N–H and O–H groups in total. The fraction of sp³-hybridized carbons (Fsp3) is 0.125. The van der Waals surface area contributed by atoms with Crippen molar-refractivity contribution in [3.05, 3.63) is 35.9 Å². The molecule has 0 saturated carbocycles. The third-order valence-electron chi connectivity index (χ3n) is 1.28. The summed E-state index contributed by atoms with van der Waals surface area (Å²) in [6.07, 6.45) is 0.351. The molecule has 2 nitrogen and oxygen atoms in total. The van der Waals surface area contributed by atoms with Crippen molar-refractivity contribution >= 4 is 29.0 Å². The summed E-state index contributed by atoms with van der Waals surface area (Å²) in [5.41, 5.74) is 0.981. The molecule has 0 fully saturated rings. The van der Waals surface area contributed by atoms with E-state index in [0.717, 1.165) is 5.56 Å². The first-order valence-corrected chi connectivity index (χ1v) is 4.06. The maximum atomic E-state index is 10.8. The molecule has 0 aliphatic heterocycles. The smallest absolute Gasteiger partial charge is 0.319 e. The van der Waals surface area contributed by atoms with Gasteiger partial charge in [0.2, 0.25) is 0 Å². The van der Waals surface area contributed by atoms with Crippen molar-refractivity contribution in [2.24, 2.45) is 0 Å². The summed E-state index contributed by atoms with van der Waals surface area (Å²) < 4.78 is 4.49. The van der Waals surface area contributed by atoms with E-state index in [0.29, 0.717) is 6.42 Å². The first kappa shape index (κ1) is 8.52. The summed E-state index contributed by atoms with van der Waals surface area (Å²) in [5, 5.41) is 0. The Morgan fingerprint density at radius 2 is 2.00 bits per heavy atom. The van der Waals surface area contributed by atoms with Crippen molar-refractivity contribution in [1.82, 2.24) is 0 Å². The Kier molecular flexibility index (Phi) is 3.35. The molecule has 0 spiro atoms. The molecule has 1 aromatic carbocycles. The maximum absolute atomic E-state index is 10.8. The van der Waals surface area contributed by atoms with E-state index < -0.39 is 0 Å². The first-order chi connectivity index (χ1) is 5.33. The van der Waals surface area contributed by atoms with Gasteiger partial charge in [0, 0.05) is 0 Å². The lowest BCUT2D eigenvalue weighted by Crippen LogP contribution is -2.00. The zero-order valence-electron chi connectivity index (χ0n) is 5.79. The molecule has 11 heavy (non-hydrogen) atoms. The van der Waals surface area contributed by atoms with Gasteiger partial charge in [-0.15, -0.1) is 0 Å². The third kappa shape index (κ3) is 2.88. The van der Waals surface area contributed by atoms with E-state index in [1.54, 1.807) is 23.0 Å². The monoisotopic (exact) mass is 262 g/mol. The summed E-state index contributed by atoms with van der Waals surface area (Å²) in [6.45, 7) is 0. The molecule has 3 heteroatoms. The van der Waals surface area contributed by atoms with E-state index >= 15 is 0 Å². The Balaban J connectivity index is 2.58. The SMILES string of the molecule is O=C(Cc1ccccc1)OI. The van der Waals surface area contributed by atoms with Gasteiger partial charge in [-0.05, 0) is 5.56 Å². The van der Waals surface area contributed by atoms with Gasteiger partial charge in [0.1, 0.15) is 0 Å². The lowest BCUT2D eigenvalue weighted by atomic mass is 10.2. The molecular formula is C8H7IO2. The number of carbonyl (C=O) groups is 1. The molecular weight excluding hydrogens is 255 g/mol. The molecule has 1 aromatic rings. The molecule has 0 aliphatic carbocycles. The van der Waals surface area contributed by atoms with Gasteiger partial charge in [-0.2, -0.15) is 0 Å². The molecule has 0 amide bonds. The Bertz CT molecular complexity index is 233. The quantitative estimate of drug-likeness (QED) is 0.763. The molecule has 0 saturated heterocycles. The molecule has 58 valence electrons. The topological polar surface area (TPSA) is 26.3 Å². The zero-order chi connectivity index (χ0) is 8.10. The van der Waals surface area contributed by atoms with Gasteiger partial charge in [-0.25, -0.2) is 0 Å². The molecule has 0 unspecified atom stereocenters. The Morgan fingerprint density at radius 3 is 2.55 bits per heavy atom. The lowest BCUT2D eigenvalue weighted by Gasteiger charge is -1.95. The zero-order valence-corrected chi connectivity index (χ0v) is 7.95. The van der Waals surface area contributed by atoms with Gasteiger partial charge >= 0.3 is 5.97 Å². The average Bonchev–Trinajstić information content (AvgIpc) is 2.06. The lowest BCUT2D eigenvalue weighted by molar-refractivity contribution is -0.130. The molecule has 0 aromatic heterocycles. The van der Waals surface area contributed by atoms with Crippen LogP contribution < -0.4 is 0 Å². The Morgan fingerprint density at radius 1 is 1.36 bits per heavy atom. The molecule has 0 atom stereocenters. The van der Waals surface area contributed by atoms with E-state index in [9.17, 15) is 4.79 Å². The highest BCUT2D eigenvalue weighted by atomic mass is 127. The minimum absolute atomic E-state index is 0.211. The standard InChI is InChI=1S/C8H7IO2/c9-11-8(10)6-7-4-2-1-3-5-7/h1-5H,6H2. The van der Waals surface area contributed by atoms with Crippen LogP contribution in [-0.4, -0.2) is 5.97 Å². The van der Waals surface area contributed by atoms with Crippen LogP contribution in [0.15, 0.2) is 30.3 Å². The molecule has 1 rings (SSSR count). The van der Waals surface area contributed by atoms with E-state index in [2.05, 4.69) is 3.07 Å². The van der Waals surface area contributed by atoms with E-state index in [1.165, 1.54) is 0 Å². The summed E-state index contributed by atoms with van der Waals surface area (Å²) in [4.78, 5) is 10.8. The summed E-state index contributed by atoms with van der Waals surface area (Å²) in [6, 6.07) is 9.51. The van der Waals surface area contributed by atoms with Crippen molar-refractivity contribution in [3.63, 3.8) is 0 Å². The van der Waals surface area contributed by atoms with Crippen molar-refractivity contribution < 1.29 is 7.86 Å². The van der Waals surface area contributed by atoms with Crippen molar-refractivity contribution in [2.45, 2.75) is 6.42 Å². The van der Waals surface area contributed by atoms with Crippen LogP contribution in [0.5, 0.6) is 0 Å². The van der Waals surface area contributed by atoms with Gasteiger partial charge in [0.05, 0.1) is 6.42 Å². The van der Waals surface area contributed by atoms with Crippen LogP contribution in [0.2, 0.25) is 0 Å². The van der Waals surface area contributed by atoms with Gasteiger partial charge in [-0.1, -0.05) is 30.3 Å². The average molecular weight is 262 g/mol. The van der Waals surface area contributed by atoms with Crippen LogP contribution in [0, 0.1) is 0 Å². The highest BCUT2D eigenvalue weighted by Gasteiger charge is 2.01. The highest BCUT2D eigenvalue weighted by molar-refractivity contribution is 14.1. The number of halogens is 1. The molecule has 0 aliphatic rings. The number of hydrogen-bond acceptors (Lipinski definition) is 2. The minimum atomic E-state index is -0.211. The van der Waals surface area contributed by atoms with Gasteiger partial charge < -0.3 is 3.07 Å². The minimum Gasteiger partial charge on any atom is -0.394 e. The van der Waals surface area contributed by atoms with Crippen LogP contribution in [0.25, 0.3) is 0 Å². The third-order valence-corrected chi connectivity index (χ3v) is 1.77. The van der Waals surface area contributed by atoms with Crippen LogP contribution in [0.1, 0.15) is 5.56 Å². The van der Waals surface area contributed by atoms with Gasteiger partial charge in [-0.3, -0.25) is 4.79 Å². The fourth-order valence-corrected chi connectivity index (χ4v) is 0.946. The summed E-state index contributed by atoms with van der Waals surface area (Å²) >= 11 is 1.59. The van der Waals surface area contributed by atoms with E-state index in [1.807, 2.05) is 30.3 Å². The predicted octanol–water partition coefficient (Wildman–Crippen LogP) is 2.12. The second kappa shape index (κ2) is 4.33. The summed E-state index contributed by atoms with van der Waals surface area (Å²) in [7, 11) is 0. The first-order valence-electron chi connectivity index (χ1n) is 3.18. The van der Waals surface area contributed by atoms with Crippen molar-refractivity contribution in [2.75, 3.05) is 0 Å². The normalized spacial score (nSPS) is 9.18. The van der Waals surface area contributed by atoms with Crippen LogP contribution >= 0.6 is 23.0 Å². The van der Waals surface area contributed by atoms with E-state index in [4.69, 9.17) is 0 Å². The molecule has 0 bridgehead atoms. The second-order valence-electron chi connectivity index (χ2n) is 2.11. The van der Waals surface area contributed by atoms with Gasteiger partial charge in [0.15, 0.2) is 23.0 Å². The summed E-state index contributed by atoms with van der Waals surface area (Å²) in [5.74, 6) is -0.211. The Hall–Kier alpha value is -0.580. The predicted molar refractivity (Wildman–Crippen MR) is 50.3 cm³/mol. The maximum Gasteiger partial charge on any atom is 0.319 e. The van der Waals surface area contributed by atoms with Gasteiger partial charge in [0.25, 0.3) is 0 Å². The van der Waals surface area contributed by atoms with Crippen LogP contribution in [0.4, 0.5) is 0 Å². The van der Waals surface area contributed by atoms with Crippen molar-refractivity contribution in [3.8, 4) is 0 Å². The number of rotatable bonds is 2. The number of benzene rings is 1.